The Kier molecular flexibility index (Phi) is 9.61. The van der Waals surface area contributed by atoms with Gasteiger partial charge in [-0.05, 0) is 43.7 Å². The molecule has 26 heavy (non-hydrogen) atoms. The summed E-state index contributed by atoms with van der Waals surface area (Å²) in [7, 11) is -3.43. The Labute approximate surface area is 158 Å². The van der Waals surface area contributed by atoms with Crippen LogP contribution >= 0.6 is 0 Å². The van der Waals surface area contributed by atoms with Crippen LogP contribution in [-0.2, 0) is 21.4 Å². The molecule has 148 valence electrons. The molecule has 1 aromatic rings. The fourth-order valence-corrected chi connectivity index (χ4v) is 4.72. The molecular formula is C20H34N2O3S. The lowest BCUT2D eigenvalue weighted by Gasteiger charge is -2.26. The third kappa shape index (κ3) is 7.74. The fraction of sp³-hybridized carbons (Fsp3) is 0.700. The van der Waals surface area contributed by atoms with E-state index in [4.69, 9.17) is 10.6 Å². The van der Waals surface area contributed by atoms with E-state index < -0.39 is 10.0 Å². The molecule has 0 heterocycles. The Hall–Kier alpha value is -0.950. The third-order valence-electron chi connectivity index (χ3n) is 5.00. The van der Waals surface area contributed by atoms with E-state index in [1.165, 1.54) is 23.7 Å². The molecule has 5 nitrogen and oxygen atoms in total. The lowest BCUT2D eigenvalue weighted by atomic mass is 9.90. The number of rotatable bonds is 12. The Balaban J connectivity index is 1.93. The molecule has 0 spiro atoms. The van der Waals surface area contributed by atoms with Crippen LogP contribution in [0.3, 0.4) is 0 Å². The van der Waals surface area contributed by atoms with Gasteiger partial charge in [0, 0.05) is 0 Å². The van der Waals surface area contributed by atoms with Crippen LogP contribution in [-0.4, -0.2) is 31.8 Å². The van der Waals surface area contributed by atoms with Crippen molar-refractivity contribution in [1.29, 1.82) is 0 Å². The summed E-state index contributed by atoms with van der Waals surface area (Å²) in [5.74, 6) is 0.608. The van der Waals surface area contributed by atoms with E-state index in [1.54, 1.807) is 0 Å². The number of nitrogens with zero attached hydrogens (tertiary/aromatic N) is 1. The average molecular weight is 383 g/mol. The van der Waals surface area contributed by atoms with E-state index in [0.717, 1.165) is 37.7 Å². The zero-order valence-corrected chi connectivity index (χ0v) is 16.6. The van der Waals surface area contributed by atoms with Gasteiger partial charge >= 0.3 is 0 Å². The summed E-state index contributed by atoms with van der Waals surface area (Å²) in [6.45, 7) is 1.44. The van der Waals surface area contributed by atoms with Gasteiger partial charge in [0.15, 0.2) is 0 Å². The van der Waals surface area contributed by atoms with Crippen molar-refractivity contribution >= 4 is 10.0 Å². The van der Waals surface area contributed by atoms with Crippen molar-refractivity contribution in [2.75, 3.05) is 18.9 Å². The Bertz CT molecular complexity index is 586. The van der Waals surface area contributed by atoms with Crippen molar-refractivity contribution in [2.24, 2.45) is 11.7 Å². The molecule has 1 saturated carbocycles. The second-order valence-electron chi connectivity index (χ2n) is 7.27. The number of hydrogen-bond acceptors (Lipinski definition) is 4. The van der Waals surface area contributed by atoms with Crippen molar-refractivity contribution in [2.45, 2.75) is 64.3 Å². The summed E-state index contributed by atoms with van der Waals surface area (Å²) >= 11 is 0. The fourth-order valence-electron chi connectivity index (χ4n) is 3.38. The van der Waals surface area contributed by atoms with Gasteiger partial charge in [-0.2, -0.15) is 0 Å². The summed E-state index contributed by atoms with van der Waals surface area (Å²) in [5, 5.41) is 0. The predicted octanol–water partition coefficient (Wildman–Crippen LogP) is 3.85. The first-order valence-corrected chi connectivity index (χ1v) is 11.6. The van der Waals surface area contributed by atoms with Gasteiger partial charge in [-0.3, -0.25) is 4.84 Å². The highest BCUT2D eigenvalue weighted by atomic mass is 32.2. The summed E-state index contributed by atoms with van der Waals surface area (Å²) < 4.78 is 26.9. The molecule has 0 amide bonds. The van der Waals surface area contributed by atoms with Crippen molar-refractivity contribution < 1.29 is 13.3 Å². The molecule has 0 radical (unpaired) electrons. The number of unbranched alkanes of at least 4 members (excludes halogenated alkanes) is 3. The van der Waals surface area contributed by atoms with Crippen molar-refractivity contribution in [1.82, 2.24) is 4.47 Å². The minimum atomic E-state index is -3.43. The zero-order valence-electron chi connectivity index (χ0n) is 15.8. The van der Waals surface area contributed by atoms with Crippen molar-refractivity contribution in [3.63, 3.8) is 0 Å². The molecule has 0 atom stereocenters. The number of nitrogens with two attached hydrogens (primary N) is 1. The minimum absolute atomic E-state index is 0.134. The Morgan fingerprint density at radius 2 is 1.69 bits per heavy atom. The maximum absolute atomic E-state index is 12.8. The minimum Gasteiger partial charge on any atom is -0.330 e. The first kappa shape index (κ1) is 21.4. The van der Waals surface area contributed by atoms with Crippen LogP contribution in [0.1, 0.15) is 63.4 Å². The normalized spacial score (nSPS) is 16.2. The van der Waals surface area contributed by atoms with Gasteiger partial charge in [0.1, 0.15) is 0 Å². The van der Waals surface area contributed by atoms with Crippen LogP contribution in [0.15, 0.2) is 30.3 Å². The van der Waals surface area contributed by atoms with Crippen LogP contribution in [0.4, 0.5) is 0 Å². The topological polar surface area (TPSA) is 72.6 Å². The van der Waals surface area contributed by atoms with Crippen molar-refractivity contribution in [3.8, 4) is 0 Å². The molecule has 2 rings (SSSR count). The van der Waals surface area contributed by atoms with E-state index in [9.17, 15) is 8.42 Å². The molecule has 0 bridgehead atoms. The lowest BCUT2D eigenvalue weighted by Crippen LogP contribution is -2.34. The summed E-state index contributed by atoms with van der Waals surface area (Å²) in [5.41, 5.74) is 6.44. The van der Waals surface area contributed by atoms with Crippen LogP contribution in [0.2, 0.25) is 0 Å². The maximum Gasteiger partial charge on any atom is 0.236 e. The average Bonchev–Trinajstić information content (AvgIpc) is 2.66. The van der Waals surface area contributed by atoms with Gasteiger partial charge in [-0.15, -0.1) is 0 Å². The standard InChI is InChI=1S/C20H34N2O3S/c21-15-9-1-2-10-16-26(23,24)22(17-19-11-5-3-6-12-19)25-18-20-13-7-4-8-14-20/h3,5-6,11-12,20H,1-2,4,7-10,13-18,21H2. The molecule has 2 N–H and O–H groups in total. The maximum atomic E-state index is 12.8. The first-order chi connectivity index (χ1) is 12.6. The van der Waals surface area contributed by atoms with Gasteiger partial charge in [-0.25, -0.2) is 8.42 Å². The third-order valence-corrected chi connectivity index (χ3v) is 6.66. The van der Waals surface area contributed by atoms with E-state index in [2.05, 4.69) is 0 Å². The first-order valence-electron chi connectivity index (χ1n) is 9.99. The largest absolute Gasteiger partial charge is 0.330 e. The summed E-state index contributed by atoms with van der Waals surface area (Å²) in [6.07, 6.45) is 9.47. The molecule has 0 unspecified atom stereocenters. The smallest absolute Gasteiger partial charge is 0.236 e. The second kappa shape index (κ2) is 11.7. The number of benzene rings is 1. The lowest BCUT2D eigenvalue weighted by molar-refractivity contribution is -0.108. The van der Waals surface area contributed by atoms with E-state index in [1.807, 2.05) is 30.3 Å². The van der Waals surface area contributed by atoms with Crippen LogP contribution in [0.5, 0.6) is 0 Å². The summed E-state index contributed by atoms with van der Waals surface area (Å²) in [4.78, 5) is 5.85. The molecule has 0 aliphatic heterocycles. The Morgan fingerprint density at radius 3 is 2.38 bits per heavy atom. The van der Waals surface area contributed by atoms with Crippen molar-refractivity contribution in [3.05, 3.63) is 35.9 Å². The molecule has 0 aromatic heterocycles. The molecular weight excluding hydrogens is 348 g/mol. The van der Waals surface area contributed by atoms with Crippen LogP contribution in [0.25, 0.3) is 0 Å². The molecule has 0 saturated heterocycles. The number of hydroxylamine groups is 1. The number of hydrogen-bond donors (Lipinski definition) is 1. The van der Waals surface area contributed by atoms with Gasteiger partial charge in [0.25, 0.3) is 0 Å². The SMILES string of the molecule is NCCCCCCS(=O)(=O)N(Cc1ccccc1)OCC1CCCCC1. The van der Waals surface area contributed by atoms with Crippen LogP contribution < -0.4 is 5.73 Å². The highest BCUT2D eigenvalue weighted by Crippen LogP contribution is 2.25. The van der Waals surface area contributed by atoms with Gasteiger partial charge in [0.05, 0.1) is 18.9 Å². The van der Waals surface area contributed by atoms with E-state index >= 15 is 0 Å². The monoisotopic (exact) mass is 382 g/mol. The molecule has 1 aromatic carbocycles. The molecule has 1 aliphatic carbocycles. The Morgan fingerprint density at radius 1 is 1.00 bits per heavy atom. The summed E-state index contributed by atoms with van der Waals surface area (Å²) in [6, 6.07) is 9.66. The van der Waals surface area contributed by atoms with E-state index in [0.29, 0.717) is 25.5 Å². The highest BCUT2D eigenvalue weighted by Gasteiger charge is 2.25. The molecule has 6 heteroatoms. The van der Waals surface area contributed by atoms with Gasteiger partial charge in [-0.1, -0.05) is 66.9 Å². The predicted molar refractivity (Wildman–Crippen MR) is 106 cm³/mol. The number of sulfonamides is 1. The highest BCUT2D eigenvalue weighted by molar-refractivity contribution is 7.88. The zero-order chi connectivity index (χ0) is 18.7. The van der Waals surface area contributed by atoms with Crippen LogP contribution in [0, 0.1) is 5.92 Å². The second-order valence-corrected chi connectivity index (χ2v) is 9.24. The molecule has 1 aliphatic rings. The quantitative estimate of drug-likeness (QED) is 0.440. The molecule has 1 fully saturated rings. The van der Waals surface area contributed by atoms with E-state index in [-0.39, 0.29) is 12.3 Å². The van der Waals surface area contributed by atoms with Gasteiger partial charge < -0.3 is 5.73 Å². The van der Waals surface area contributed by atoms with Gasteiger partial charge in [0.2, 0.25) is 10.0 Å².